The van der Waals surface area contributed by atoms with Gasteiger partial charge in [-0.25, -0.2) is 0 Å². The molecule has 0 aliphatic heterocycles. The molecule has 6 heteroatoms. The average Bonchev–Trinajstić information content (AvgIpc) is 3.04. The number of ether oxygens (including phenoxy) is 1. The largest absolute Gasteiger partial charge is 0.496 e. The first-order valence-corrected chi connectivity index (χ1v) is 10.2. The van der Waals surface area contributed by atoms with E-state index in [0.29, 0.717) is 20.6 Å². The van der Waals surface area contributed by atoms with Gasteiger partial charge in [0.25, 0.3) is 5.56 Å². The minimum Gasteiger partial charge on any atom is -0.496 e. The highest BCUT2D eigenvalue weighted by molar-refractivity contribution is 7.07. The lowest BCUT2D eigenvalue weighted by Gasteiger charge is -2.15. The van der Waals surface area contributed by atoms with E-state index in [1.165, 1.54) is 4.57 Å². The zero-order valence-electron chi connectivity index (χ0n) is 17.3. The van der Waals surface area contributed by atoms with Gasteiger partial charge < -0.3 is 4.74 Å². The summed E-state index contributed by atoms with van der Waals surface area (Å²) >= 11 is 1.13. The highest BCUT2D eigenvalue weighted by Gasteiger charge is 2.27. The Balaban J connectivity index is 2.45. The van der Waals surface area contributed by atoms with Crippen molar-refractivity contribution in [3.05, 3.63) is 79.7 Å². The number of thiazole rings is 1. The molecule has 0 unspecified atom stereocenters. The van der Waals surface area contributed by atoms with Crippen LogP contribution in [0.15, 0.2) is 59.4 Å². The Labute approximate surface area is 178 Å². The molecule has 3 aromatic rings. The molecule has 0 spiro atoms. The molecule has 1 aromatic heterocycles. The number of aromatic nitrogens is 1. The summed E-state index contributed by atoms with van der Waals surface area (Å²) in [6.45, 7) is 5.27. The van der Waals surface area contributed by atoms with E-state index in [1.54, 1.807) is 46.1 Å². The summed E-state index contributed by atoms with van der Waals surface area (Å²) in [5.74, 6) is 0.327. The quantitative estimate of drug-likeness (QED) is 0.653. The van der Waals surface area contributed by atoms with Crippen LogP contribution in [-0.2, 0) is 4.79 Å². The Kier molecular flexibility index (Phi) is 6.04. The minimum absolute atomic E-state index is 0.0203. The lowest BCUT2D eigenvalue weighted by molar-refractivity contribution is -0.120. The van der Waals surface area contributed by atoms with Crippen LogP contribution in [0.1, 0.15) is 26.3 Å². The second kappa shape index (κ2) is 8.52. The SMILES string of the molecule is COc1ccccc1/C=c1\s/c(=C(/C#N)C(=O)C(C)(C)C)n(-c2ccccc2)c1=O. The molecule has 0 bridgehead atoms. The lowest BCUT2D eigenvalue weighted by Crippen LogP contribution is -2.33. The number of rotatable bonds is 4. The van der Waals surface area contributed by atoms with Gasteiger partial charge in [0.2, 0.25) is 0 Å². The van der Waals surface area contributed by atoms with Gasteiger partial charge in [-0.1, -0.05) is 57.2 Å². The molecule has 3 rings (SSSR count). The average molecular weight is 419 g/mol. The van der Waals surface area contributed by atoms with Crippen LogP contribution in [-0.4, -0.2) is 17.5 Å². The van der Waals surface area contributed by atoms with Crippen LogP contribution in [0, 0.1) is 16.7 Å². The fraction of sp³-hybridized carbons (Fsp3) is 0.208. The number of carbonyl (C=O) groups excluding carboxylic acids is 1. The number of carbonyl (C=O) groups is 1. The molecule has 0 N–H and O–H groups in total. The number of methoxy groups -OCH3 is 1. The maximum atomic E-state index is 13.4. The van der Waals surface area contributed by atoms with Gasteiger partial charge in [0.1, 0.15) is 22.1 Å². The molecule has 152 valence electrons. The van der Waals surface area contributed by atoms with Crippen LogP contribution in [0.25, 0.3) is 17.3 Å². The smallest absolute Gasteiger partial charge is 0.273 e. The maximum absolute atomic E-state index is 13.4. The normalized spacial score (nSPS) is 13.0. The first-order valence-electron chi connectivity index (χ1n) is 9.39. The maximum Gasteiger partial charge on any atom is 0.273 e. The first-order chi connectivity index (χ1) is 14.3. The molecule has 1 heterocycles. The van der Waals surface area contributed by atoms with E-state index in [-0.39, 0.29) is 16.9 Å². The van der Waals surface area contributed by atoms with Crippen molar-refractivity contribution >= 4 is 28.8 Å². The van der Waals surface area contributed by atoms with Gasteiger partial charge >= 0.3 is 0 Å². The van der Waals surface area contributed by atoms with Gasteiger partial charge in [0, 0.05) is 11.0 Å². The Morgan fingerprint density at radius 3 is 2.33 bits per heavy atom. The number of benzene rings is 2. The summed E-state index contributed by atoms with van der Waals surface area (Å²) < 4.78 is 7.56. The number of hydrogen-bond donors (Lipinski definition) is 0. The van der Waals surface area contributed by atoms with E-state index in [4.69, 9.17) is 4.74 Å². The van der Waals surface area contributed by atoms with Gasteiger partial charge in [-0.3, -0.25) is 14.2 Å². The summed E-state index contributed by atoms with van der Waals surface area (Å²) in [4.78, 5) is 26.3. The molecule has 0 radical (unpaired) electrons. The van der Waals surface area contributed by atoms with E-state index in [0.717, 1.165) is 16.9 Å². The summed E-state index contributed by atoms with van der Waals surface area (Å²) in [6.07, 6.45) is 1.73. The summed E-state index contributed by atoms with van der Waals surface area (Å²) in [5.41, 5.74) is 0.280. The molecule has 0 saturated heterocycles. The second-order valence-electron chi connectivity index (χ2n) is 7.70. The van der Waals surface area contributed by atoms with Crippen molar-refractivity contribution < 1.29 is 9.53 Å². The van der Waals surface area contributed by atoms with Crippen LogP contribution in [0.2, 0.25) is 0 Å². The molecule has 0 atom stereocenters. The monoisotopic (exact) mass is 418 g/mol. The van der Waals surface area contributed by atoms with Gasteiger partial charge in [0.05, 0.1) is 17.3 Å². The summed E-state index contributed by atoms with van der Waals surface area (Å²) in [6, 6.07) is 18.4. The van der Waals surface area contributed by atoms with E-state index in [2.05, 4.69) is 0 Å². The second-order valence-corrected chi connectivity index (χ2v) is 8.73. The lowest BCUT2D eigenvalue weighted by atomic mass is 9.87. The zero-order valence-corrected chi connectivity index (χ0v) is 18.1. The van der Waals surface area contributed by atoms with Gasteiger partial charge in [-0.2, -0.15) is 5.26 Å². The van der Waals surface area contributed by atoms with E-state index in [1.807, 2.05) is 48.5 Å². The number of nitrogens with zero attached hydrogens (tertiary/aromatic N) is 2. The van der Waals surface area contributed by atoms with Crippen molar-refractivity contribution in [2.45, 2.75) is 20.8 Å². The standard InChI is InChI=1S/C24H22N2O3S/c1-24(2,3)21(27)18(15-25)23-26(17-11-6-5-7-12-17)22(28)20(30-23)14-16-10-8-9-13-19(16)29-4/h5-14H,1-4H3/b20-14-,23-18-. The van der Waals surface area contributed by atoms with Crippen molar-refractivity contribution in [3.8, 4) is 17.5 Å². The van der Waals surface area contributed by atoms with Crippen molar-refractivity contribution in [2.24, 2.45) is 5.41 Å². The highest BCUT2D eigenvalue weighted by atomic mass is 32.1. The molecule has 0 amide bonds. The van der Waals surface area contributed by atoms with Crippen molar-refractivity contribution in [2.75, 3.05) is 7.11 Å². The van der Waals surface area contributed by atoms with Gasteiger partial charge in [-0.15, -0.1) is 11.3 Å². The van der Waals surface area contributed by atoms with Gasteiger partial charge in [0.15, 0.2) is 5.78 Å². The fourth-order valence-electron chi connectivity index (χ4n) is 2.96. The number of hydrogen-bond acceptors (Lipinski definition) is 5. The molecular formula is C24H22N2O3S. The van der Waals surface area contributed by atoms with Crippen LogP contribution < -0.4 is 19.5 Å². The Hall–Kier alpha value is -3.43. The molecule has 5 nitrogen and oxygen atoms in total. The molecule has 0 fully saturated rings. The van der Waals surface area contributed by atoms with Crippen molar-refractivity contribution in [1.29, 1.82) is 5.26 Å². The molecule has 0 aliphatic carbocycles. The molecule has 0 aliphatic rings. The molecular weight excluding hydrogens is 396 g/mol. The number of para-hydroxylation sites is 2. The predicted octanol–water partition coefficient (Wildman–Crippen LogP) is 3.03. The third kappa shape index (κ3) is 4.12. The van der Waals surface area contributed by atoms with Crippen molar-refractivity contribution in [3.63, 3.8) is 0 Å². The van der Waals surface area contributed by atoms with Crippen LogP contribution in [0.3, 0.4) is 0 Å². The minimum atomic E-state index is -0.751. The topological polar surface area (TPSA) is 72.1 Å². The Morgan fingerprint density at radius 2 is 1.73 bits per heavy atom. The van der Waals surface area contributed by atoms with Crippen LogP contribution in [0.5, 0.6) is 5.75 Å². The molecule has 30 heavy (non-hydrogen) atoms. The number of nitriles is 1. The predicted molar refractivity (Wildman–Crippen MR) is 119 cm³/mol. The molecule has 0 saturated carbocycles. The van der Waals surface area contributed by atoms with E-state index < -0.39 is 5.41 Å². The van der Waals surface area contributed by atoms with Crippen LogP contribution in [0.4, 0.5) is 0 Å². The van der Waals surface area contributed by atoms with Crippen molar-refractivity contribution in [1.82, 2.24) is 4.57 Å². The zero-order chi connectivity index (χ0) is 21.9. The summed E-state index contributed by atoms with van der Waals surface area (Å²) in [7, 11) is 1.57. The number of ketones is 1. The molecule has 2 aromatic carbocycles. The van der Waals surface area contributed by atoms with Gasteiger partial charge in [-0.05, 0) is 24.3 Å². The van der Waals surface area contributed by atoms with E-state index in [9.17, 15) is 14.9 Å². The van der Waals surface area contributed by atoms with Crippen LogP contribution >= 0.6 is 11.3 Å². The Morgan fingerprint density at radius 1 is 1.10 bits per heavy atom. The third-order valence-electron chi connectivity index (χ3n) is 4.50. The summed E-state index contributed by atoms with van der Waals surface area (Å²) in [5, 5.41) is 9.81. The third-order valence-corrected chi connectivity index (χ3v) is 5.59. The fourth-order valence-corrected chi connectivity index (χ4v) is 4.05. The number of Topliss-reactive ketones (excluding diaryl/α,β-unsaturated/α-hetero) is 1. The first kappa shape index (κ1) is 21.3. The Bertz CT molecular complexity index is 1300. The van der Waals surface area contributed by atoms with E-state index >= 15 is 0 Å². The highest BCUT2D eigenvalue weighted by Crippen LogP contribution is 2.20.